The lowest BCUT2D eigenvalue weighted by Crippen LogP contribution is -2.24. The number of rotatable bonds is 6. The molecule has 21 heavy (non-hydrogen) atoms. The van der Waals surface area contributed by atoms with Crippen LogP contribution < -0.4 is 5.32 Å². The number of nitrogens with one attached hydrogen (secondary N) is 1. The molecule has 1 aliphatic carbocycles. The smallest absolute Gasteiger partial charge is 0.0832 e. The van der Waals surface area contributed by atoms with Gasteiger partial charge in [-0.15, -0.1) is 5.10 Å². The summed E-state index contributed by atoms with van der Waals surface area (Å²) in [4.78, 5) is 1.34. The Morgan fingerprint density at radius 3 is 2.81 bits per heavy atom. The molecule has 1 heterocycles. The quantitative estimate of drug-likeness (QED) is 0.753. The molecule has 0 amide bonds. The summed E-state index contributed by atoms with van der Waals surface area (Å²) in [5, 5.41) is 8.13. The van der Waals surface area contributed by atoms with Crippen LogP contribution in [0.1, 0.15) is 88.2 Å². The van der Waals surface area contributed by atoms with Crippen LogP contribution in [-0.2, 0) is 0 Å². The van der Waals surface area contributed by atoms with Gasteiger partial charge in [-0.3, -0.25) is 0 Å². The van der Waals surface area contributed by atoms with Crippen molar-refractivity contribution in [2.75, 3.05) is 6.54 Å². The maximum atomic E-state index is 4.38. The van der Waals surface area contributed by atoms with Crippen molar-refractivity contribution in [2.24, 2.45) is 0 Å². The molecule has 1 aliphatic rings. The summed E-state index contributed by atoms with van der Waals surface area (Å²) in [6.45, 7) is 7.70. The van der Waals surface area contributed by atoms with Gasteiger partial charge in [0.05, 0.1) is 16.6 Å². The van der Waals surface area contributed by atoms with E-state index in [0.29, 0.717) is 12.0 Å². The van der Waals surface area contributed by atoms with Crippen molar-refractivity contribution >= 4 is 11.5 Å². The Morgan fingerprint density at radius 1 is 1.24 bits per heavy atom. The summed E-state index contributed by atoms with van der Waals surface area (Å²) in [6.07, 6.45) is 11.5. The van der Waals surface area contributed by atoms with Gasteiger partial charge in [0.15, 0.2) is 0 Å². The predicted octanol–water partition coefficient (Wildman–Crippen LogP) is 4.98. The van der Waals surface area contributed by atoms with Crippen molar-refractivity contribution in [1.29, 1.82) is 0 Å². The van der Waals surface area contributed by atoms with E-state index in [1.165, 1.54) is 49.1 Å². The third kappa shape index (κ3) is 4.62. The molecular weight excluding hydrogens is 278 g/mol. The highest BCUT2D eigenvalue weighted by Gasteiger charge is 2.24. The third-order valence-corrected chi connectivity index (χ3v) is 4.95. The van der Waals surface area contributed by atoms with Crippen LogP contribution in [0, 0.1) is 0 Å². The zero-order valence-electron chi connectivity index (χ0n) is 13.7. The summed E-state index contributed by atoms with van der Waals surface area (Å²) < 4.78 is 4.23. The van der Waals surface area contributed by atoms with Crippen LogP contribution in [0.5, 0.6) is 0 Å². The first-order valence-electron chi connectivity index (χ1n) is 8.48. The van der Waals surface area contributed by atoms with Gasteiger partial charge in [0.25, 0.3) is 0 Å². The maximum absolute atomic E-state index is 4.38. The number of aromatic nitrogens is 2. The van der Waals surface area contributed by atoms with Crippen molar-refractivity contribution in [3.8, 4) is 0 Å². The first-order valence-corrected chi connectivity index (χ1v) is 9.25. The standard InChI is InChI=1S/C17H29N3S/c1-4-12-18-16(14-10-8-6-5-7-9-11-14)17-15(13(2)3)19-20-21-17/h10,13,16,18H,4-9,11-12H2,1-3H3. The fourth-order valence-electron chi connectivity index (χ4n) is 2.96. The SMILES string of the molecule is CCCNC(C1=CCCCCCC1)c1snnc1C(C)C. The zero-order chi connectivity index (χ0) is 15.1. The zero-order valence-corrected chi connectivity index (χ0v) is 14.5. The number of hydrogen-bond donors (Lipinski definition) is 1. The molecule has 0 spiro atoms. The van der Waals surface area contributed by atoms with E-state index in [-0.39, 0.29) is 0 Å². The van der Waals surface area contributed by atoms with Crippen LogP contribution in [-0.4, -0.2) is 16.1 Å². The minimum absolute atomic E-state index is 0.334. The molecule has 0 fully saturated rings. The molecule has 4 heteroatoms. The van der Waals surface area contributed by atoms with E-state index in [9.17, 15) is 0 Å². The van der Waals surface area contributed by atoms with E-state index in [4.69, 9.17) is 0 Å². The molecule has 1 aromatic heterocycles. The first-order chi connectivity index (χ1) is 10.2. The van der Waals surface area contributed by atoms with E-state index >= 15 is 0 Å². The lowest BCUT2D eigenvalue weighted by Gasteiger charge is -2.23. The Morgan fingerprint density at radius 2 is 2.05 bits per heavy atom. The Labute approximate surface area is 133 Å². The van der Waals surface area contributed by atoms with Gasteiger partial charge in [0.1, 0.15) is 0 Å². The van der Waals surface area contributed by atoms with Gasteiger partial charge in [-0.25, -0.2) is 0 Å². The van der Waals surface area contributed by atoms with Crippen LogP contribution in [0.25, 0.3) is 0 Å². The van der Waals surface area contributed by atoms with Crippen molar-refractivity contribution in [1.82, 2.24) is 14.9 Å². The minimum atomic E-state index is 0.334. The molecule has 1 atom stereocenters. The number of hydrogen-bond acceptors (Lipinski definition) is 4. The molecule has 2 rings (SSSR count). The molecule has 1 aromatic rings. The highest BCUT2D eigenvalue weighted by Crippen LogP contribution is 2.34. The molecule has 0 saturated carbocycles. The van der Waals surface area contributed by atoms with Crippen LogP contribution in [0.2, 0.25) is 0 Å². The molecule has 1 unspecified atom stereocenters. The maximum Gasteiger partial charge on any atom is 0.0832 e. The number of nitrogens with zero attached hydrogens (tertiary/aromatic N) is 2. The van der Waals surface area contributed by atoms with Crippen LogP contribution >= 0.6 is 11.5 Å². The number of allylic oxidation sites excluding steroid dienone is 1. The van der Waals surface area contributed by atoms with E-state index in [1.54, 1.807) is 17.1 Å². The second-order valence-electron chi connectivity index (χ2n) is 6.30. The van der Waals surface area contributed by atoms with Gasteiger partial charge >= 0.3 is 0 Å². The Hall–Kier alpha value is -0.740. The van der Waals surface area contributed by atoms with E-state index in [0.717, 1.165) is 13.0 Å². The topological polar surface area (TPSA) is 37.8 Å². The molecule has 0 radical (unpaired) electrons. The average molecular weight is 308 g/mol. The molecule has 118 valence electrons. The van der Waals surface area contributed by atoms with E-state index in [1.807, 2.05) is 0 Å². The monoisotopic (exact) mass is 307 g/mol. The first kappa shape index (κ1) is 16.6. The summed E-state index contributed by atoms with van der Waals surface area (Å²) in [5.74, 6) is 0.443. The summed E-state index contributed by atoms with van der Waals surface area (Å²) >= 11 is 1.58. The van der Waals surface area contributed by atoms with Gasteiger partial charge in [-0.05, 0) is 56.1 Å². The fourth-order valence-corrected chi connectivity index (χ4v) is 3.89. The lowest BCUT2D eigenvalue weighted by molar-refractivity contribution is 0.540. The van der Waals surface area contributed by atoms with Crippen molar-refractivity contribution < 1.29 is 0 Å². The van der Waals surface area contributed by atoms with Crippen LogP contribution in [0.15, 0.2) is 11.6 Å². The van der Waals surface area contributed by atoms with Gasteiger partial charge in [-0.1, -0.05) is 49.8 Å². The Balaban J connectivity index is 2.25. The summed E-state index contributed by atoms with van der Waals surface area (Å²) in [7, 11) is 0. The molecule has 3 nitrogen and oxygen atoms in total. The molecule has 0 bridgehead atoms. The second kappa shape index (κ2) is 8.64. The van der Waals surface area contributed by atoms with Crippen molar-refractivity contribution in [3.63, 3.8) is 0 Å². The fraction of sp³-hybridized carbons (Fsp3) is 0.765. The minimum Gasteiger partial charge on any atom is -0.306 e. The van der Waals surface area contributed by atoms with Crippen LogP contribution in [0.4, 0.5) is 0 Å². The summed E-state index contributed by atoms with van der Waals surface area (Å²) in [5.41, 5.74) is 2.74. The van der Waals surface area contributed by atoms with E-state index < -0.39 is 0 Å². The summed E-state index contributed by atoms with van der Waals surface area (Å²) in [6, 6.07) is 0.334. The predicted molar refractivity (Wildman–Crippen MR) is 90.8 cm³/mol. The van der Waals surface area contributed by atoms with E-state index in [2.05, 4.69) is 41.8 Å². The highest BCUT2D eigenvalue weighted by molar-refractivity contribution is 7.05. The largest absolute Gasteiger partial charge is 0.306 e. The Bertz CT molecular complexity index is 451. The highest BCUT2D eigenvalue weighted by atomic mass is 32.1. The van der Waals surface area contributed by atoms with Crippen LogP contribution in [0.3, 0.4) is 0 Å². The average Bonchev–Trinajstić information content (AvgIpc) is 2.90. The lowest BCUT2D eigenvalue weighted by atomic mass is 9.92. The molecular formula is C17H29N3S. The molecule has 1 N–H and O–H groups in total. The van der Waals surface area contributed by atoms with Gasteiger partial charge < -0.3 is 5.32 Å². The van der Waals surface area contributed by atoms with Crippen molar-refractivity contribution in [3.05, 3.63) is 22.2 Å². The molecule has 0 aromatic carbocycles. The third-order valence-electron chi connectivity index (χ3n) is 4.14. The molecule has 0 aliphatic heterocycles. The second-order valence-corrected chi connectivity index (χ2v) is 7.08. The van der Waals surface area contributed by atoms with Gasteiger partial charge in [-0.2, -0.15) is 0 Å². The normalized spacial score (nSPS) is 18.2. The Kier molecular flexibility index (Phi) is 6.84. The van der Waals surface area contributed by atoms with Crippen molar-refractivity contribution in [2.45, 2.75) is 77.7 Å². The van der Waals surface area contributed by atoms with Gasteiger partial charge in [0, 0.05) is 0 Å². The molecule has 0 saturated heterocycles. The van der Waals surface area contributed by atoms with Gasteiger partial charge in [0.2, 0.25) is 0 Å².